The minimum atomic E-state index is -0.951. The van der Waals surface area contributed by atoms with Gasteiger partial charge < -0.3 is 26.6 Å². The molecule has 35 heavy (non-hydrogen) atoms. The Balaban J connectivity index is 1.74. The van der Waals surface area contributed by atoms with Gasteiger partial charge in [-0.3, -0.25) is 14.4 Å². The fourth-order valence-electron chi connectivity index (χ4n) is 4.82. The summed E-state index contributed by atoms with van der Waals surface area (Å²) >= 11 is 0. The number of likely N-dealkylation sites (tertiary alicyclic amines) is 1. The fourth-order valence-corrected chi connectivity index (χ4v) is 4.82. The summed E-state index contributed by atoms with van der Waals surface area (Å²) in [4.78, 5) is 52.6. The van der Waals surface area contributed by atoms with Crippen LogP contribution in [0.1, 0.15) is 57.9 Å². The monoisotopic (exact) mass is 483 g/mol. The van der Waals surface area contributed by atoms with Crippen LogP contribution in [0.15, 0.2) is 42.0 Å². The van der Waals surface area contributed by atoms with Crippen LogP contribution in [0.4, 0.5) is 4.79 Å². The molecule has 9 heteroatoms. The Morgan fingerprint density at radius 2 is 1.71 bits per heavy atom. The first-order valence-electron chi connectivity index (χ1n) is 12.4. The van der Waals surface area contributed by atoms with E-state index >= 15 is 0 Å². The summed E-state index contributed by atoms with van der Waals surface area (Å²) in [6.45, 7) is 3.92. The molecule has 1 aliphatic heterocycles. The largest absolute Gasteiger partial charge is 0.368 e. The molecule has 2 aliphatic rings. The van der Waals surface area contributed by atoms with Crippen molar-refractivity contribution in [3.05, 3.63) is 47.5 Å². The number of urea groups is 1. The molecule has 5 N–H and O–H groups in total. The average molecular weight is 484 g/mol. The molecule has 2 fully saturated rings. The van der Waals surface area contributed by atoms with Crippen LogP contribution in [-0.2, 0) is 20.8 Å². The average Bonchev–Trinajstić information content (AvgIpc) is 3.23. The van der Waals surface area contributed by atoms with E-state index < -0.39 is 29.9 Å². The van der Waals surface area contributed by atoms with Crippen molar-refractivity contribution in [1.82, 2.24) is 20.9 Å². The summed E-state index contributed by atoms with van der Waals surface area (Å²) in [6, 6.07) is 6.55. The van der Waals surface area contributed by atoms with Crippen LogP contribution < -0.4 is 21.7 Å². The normalized spacial score (nSPS) is 21.0. The van der Waals surface area contributed by atoms with Gasteiger partial charge in [0, 0.05) is 25.1 Å². The second-order valence-electron chi connectivity index (χ2n) is 9.70. The summed E-state index contributed by atoms with van der Waals surface area (Å²) < 4.78 is 0. The van der Waals surface area contributed by atoms with Crippen LogP contribution >= 0.6 is 0 Å². The van der Waals surface area contributed by atoms with Crippen LogP contribution in [0.5, 0.6) is 0 Å². The van der Waals surface area contributed by atoms with Gasteiger partial charge in [-0.05, 0) is 38.7 Å². The van der Waals surface area contributed by atoms with Gasteiger partial charge in [0.25, 0.3) is 0 Å². The number of benzene rings is 1. The third-order valence-corrected chi connectivity index (χ3v) is 6.56. The Morgan fingerprint density at radius 3 is 2.34 bits per heavy atom. The van der Waals surface area contributed by atoms with Gasteiger partial charge in [0.05, 0.1) is 6.04 Å². The highest BCUT2D eigenvalue weighted by Crippen LogP contribution is 2.21. The van der Waals surface area contributed by atoms with E-state index in [2.05, 4.69) is 16.0 Å². The molecule has 0 aromatic heterocycles. The topological polar surface area (TPSA) is 134 Å². The second kappa shape index (κ2) is 12.4. The highest BCUT2D eigenvalue weighted by molar-refractivity contribution is 5.96. The van der Waals surface area contributed by atoms with Crippen molar-refractivity contribution >= 4 is 23.8 Å². The minimum Gasteiger partial charge on any atom is -0.368 e. The summed E-state index contributed by atoms with van der Waals surface area (Å²) in [5, 5.41) is 8.64. The Morgan fingerprint density at radius 1 is 1.03 bits per heavy atom. The predicted molar refractivity (Wildman–Crippen MR) is 133 cm³/mol. The van der Waals surface area contributed by atoms with Crippen molar-refractivity contribution in [2.45, 2.75) is 83.0 Å². The summed E-state index contributed by atoms with van der Waals surface area (Å²) in [5.41, 5.74) is 7.24. The van der Waals surface area contributed by atoms with E-state index in [0.717, 1.165) is 36.8 Å². The zero-order chi connectivity index (χ0) is 25.4. The zero-order valence-electron chi connectivity index (χ0n) is 20.6. The third kappa shape index (κ3) is 7.56. The summed E-state index contributed by atoms with van der Waals surface area (Å²) in [7, 11) is 0. The molecule has 1 saturated heterocycles. The number of hydrogen-bond acceptors (Lipinski definition) is 4. The van der Waals surface area contributed by atoms with Gasteiger partial charge in [0.15, 0.2) is 0 Å². The lowest BCUT2D eigenvalue weighted by Gasteiger charge is -2.29. The Hall–Kier alpha value is -3.36. The SMILES string of the molecule is CC(C)=CC(=O)N1CCC(NC(=O)NC2CCCCC2)C1C(=O)NC(Cc1ccccc1)C(N)=O. The lowest BCUT2D eigenvalue weighted by Crippen LogP contribution is -2.59. The number of nitrogens with zero attached hydrogens (tertiary/aromatic N) is 1. The summed E-state index contributed by atoms with van der Waals surface area (Å²) in [5.74, 6) is -1.48. The Kier molecular flexibility index (Phi) is 9.28. The minimum absolute atomic E-state index is 0.117. The maximum Gasteiger partial charge on any atom is 0.315 e. The van der Waals surface area contributed by atoms with Gasteiger partial charge >= 0.3 is 6.03 Å². The highest BCUT2D eigenvalue weighted by atomic mass is 16.2. The number of carbonyl (C=O) groups excluding carboxylic acids is 4. The summed E-state index contributed by atoms with van der Waals surface area (Å²) in [6.07, 6.45) is 7.35. The van der Waals surface area contributed by atoms with Crippen molar-refractivity contribution in [1.29, 1.82) is 0 Å². The number of amides is 5. The molecule has 1 aromatic rings. The first kappa shape index (κ1) is 26.2. The number of nitrogens with one attached hydrogen (secondary N) is 3. The van der Waals surface area contributed by atoms with E-state index in [9.17, 15) is 19.2 Å². The number of primary amides is 1. The molecule has 0 radical (unpaired) electrons. The van der Waals surface area contributed by atoms with Gasteiger partial charge in [-0.1, -0.05) is 55.2 Å². The predicted octanol–water partition coefficient (Wildman–Crippen LogP) is 1.77. The van der Waals surface area contributed by atoms with E-state index in [1.165, 1.54) is 17.4 Å². The Labute approximate surface area is 206 Å². The van der Waals surface area contributed by atoms with Crippen molar-refractivity contribution in [3.63, 3.8) is 0 Å². The molecule has 1 aliphatic carbocycles. The first-order chi connectivity index (χ1) is 16.7. The van der Waals surface area contributed by atoms with Crippen LogP contribution in [-0.4, -0.2) is 59.4 Å². The maximum atomic E-state index is 13.4. The quantitative estimate of drug-likeness (QED) is 0.419. The number of allylic oxidation sites excluding steroid dienone is 1. The molecular weight excluding hydrogens is 446 g/mol. The molecule has 5 amide bonds. The van der Waals surface area contributed by atoms with Crippen LogP contribution in [0, 0.1) is 0 Å². The standard InChI is InChI=1S/C26H37N5O4/c1-17(2)15-22(32)31-14-13-20(30-26(35)28-19-11-7-4-8-12-19)23(31)25(34)29-21(24(27)33)16-18-9-5-3-6-10-18/h3,5-6,9-10,15,19-21,23H,4,7-8,11-14,16H2,1-2H3,(H2,27,33)(H,29,34)(H2,28,30,35). The molecule has 3 unspecified atom stereocenters. The second-order valence-corrected chi connectivity index (χ2v) is 9.70. The van der Waals surface area contributed by atoms with Crippen molar-refractivity contribution < 1.29 is 19.2 Å². The highest BCUT2D eigenvalue weighted by Gasteiger charge is 2.43. The van der Waals surface area contributed by atoms with E-state index in [4.69, 9.17) is 5.73 Å². The van der Waals surface area contributed by atoms with Crippen LogP contribution in [0.3, 0.4) is 0 Å². The molecule has 9 nitrogen and oxygen atoms in total. The molecule has 1 heterocycles. The van der Waals surface area contributed by atoms with Gasteiger partial charge in [0.2, 0.25) is 17.7 Å². The molecule has 1 saturated carbocycles. The lowest BCUT2D eigenvalue weighted by atomic mass is 9.96. The maximum absolute atomic E-state index is 13.4. The molecule has 1 aromatic carbocycles. The fraction of sp³-hybridized carbons (Fsp3) is 0.538. The van der Waals surface area contributed by atoms with Gasteiger partial charge in [-0.25, -0.2) is 4.79 Å². The number of carbonyl (C=O) groups is 4. The van der Waals surface area contributed by atoms with Gasteiger partial charge in [-0.15, -0.1) is 0 Å². The Bertz CT molecular complexity index is 938. The van der Waals surface area contributed by atoms with Crippen LogP contribution in [0.25, 0.3) is 0 Å². The molecule has 0 bridgehead atoms. The van der Waals surface area contributed by atoms with Crippen molar-refractivity contribution in [3.8, 4) is 0 Å². The molecule has 0 spiro atoms. The van der Waals surface area contributed by atoms with Crippen molar-refractivity contribution in [2.75, 3.05) is 6.54 Å². The molecular formula is C26H37N5O4. The zero-order valence-corrected chi connectivity index (χ0v) is 20.6. The van der Waals surface area contributed by atoms with Crippen molar-refractivity contribution in [2.24, 2.45) is 5.73 Å². The first-order valence-corrected chi connectivity index (χ1v) is 12.4. The van der Waals surface area contributed by atoms with Gasteiger partial charge in [0.1, 0.15) is 12.1 Å². The number of nitrogens with two attached hydrogens (primary N) is 1. The number of hydrogen-bond donors (Lipinski definition) is 4. The third-order valence-electron chi connectivity index (χ3n) is 6.56. The van der Waals surface area contributed by atoms with E-state index in [-0.39, 0.29) is 24.4 Å². The van der Waals surface area contributed by atoms with Crippen LogP contribution in [0.2, 0.25) is 0 Å². The molecule has 3 rings (SSSR count). The van der Waals surface area contributed by atoms with Gasteiger partial charge in [-0.2, -0.15) is 0 Å². The molecule has 3 atom stereocenters. The lowest BCUT2D eigenvalue weighted by molar-refractivity contribution is -0.137. The number of rotatable bonds is 8. The smallest absolute Gasteiger partial charge is 0.315 e. The molecule has 190 valence electrons. The van der Waals surface area contributed by atoms with E-state index in [0.29, 0.717) is 13.0 Å². The van der Waals surface area contributed by atoms with E-state index in [1.54, 1.807) is 13.8 Å². The van der Waals surface area contributed by atoms with E-state index in [1.807, 2.05) is 30.3 Å².